The molecule has 7 heteroatoms. The zero-order chi connectivity index (χ0) is 20.1. The molecule has 1 N–H and O–H groups in total. The van der Waals surface area contributed by atoms with Crippen molar-refractivity contribution in [2.45, 2.75) is 83.6 Å². The molecule has 156 valence electrons. The number of carbonyl (C=O) groups is 2. The Balaban J connectivity index is 2.44. The lowest BCUT2D eigenvalue weighted by atomic mass is 9.96. The van der Waals surface area contributed by atoms with Crippen molar-refractivity contribution >= 4 is 18.1 Å². The Morgan fingerprint density at radius 3 is 2.26 bits per heavy atom. The second-order valence-electron chi connectivity index (χ2n) is 7.53. The van der Waals surface area contributed by atoms with Crippen molar-refractivity contribution in [2.24, 2.45) is 4.99 Å². The first-order valence-electron chi connectivity index (χ1n) is 10.4. The molecule has 0 aromatic heterocycles. The minimum Gasteiger partial charge on any atom is -0.449 e. The van der Waals surface area contributed by atoms with Gasteiger partial charge in [0.2, 0.25) is 5.96 Å². The largest absolute Gasteiger partial charge is 0.449 e. The monoisotopic (exact) mass is 382 g/mol. The molecule has 1 aliphatic rings. The average Bonchev–Trinajstić information content (AvgIpc) is 2.65. The number of guanidine groups is 1. The fourth-order valence-electron chi connectivity index (χ4n) is 3.24. The van der Waals surface area contributed by atoms with E-state index in [1.165, 1.54) is 37.0 Å². The second kappa shape index (κ2) is 13.4. The quantitative estimate of drug-likeness (QED) is 0.384. The standard InChI is InChI=1S/C20H38N4O3/c1-5-6-7-8-9-13-16-27-20(26)24(4)19(23(2)3)22-18(25)21-17-14-11-10-12-15-17/h17H,5-16H2,1-4H3,(H,21,25)/b22-19+. The number of urea groups is 1. The van der Waals surface area contributed by atoms with E-state index in [4.69, 9.17) is 4.74 Å². The Morgan fingerprint density at radius 1 is 1.00 bits per heavy atom. The number of nitrogens with one attached hydrogen (secondary N) is 1. The molecule has 0 atom stereocenters. The maximum atomic E-state index is 12.3. The van der Waals surface area contributed by atoms with E-state index >= 15 is 0 Å². The zero-order valence-corrected chi connectivity index (χ0v) is 17.6. The first kappa shape index (κ1) is 23.2. The molecule has 0 radical (unpaired) electrons. The number of ether oxygens (including phenoxy) is 1. The molecule has 0 unspecified atom stereocenters. The van der Waals surface area contributed by atoms with Gasteiger partial charge in [-0.3, -0.25) is 4.90 Å². The van der Waals surface area contributed by atoms with Gasteiger partial charge in [0.05, 0.1) is 6.61 Å². The third kappa shape index (κ3) is 9.63. The van der Waals surface area contributed by atoms with E-state index in [2.05, 4.69) is 17.2 Å². The highest BCUT2D eigenvalue weighted by Gasteiger charge is 2.21. The molecule has 27 heavy (non-hydrogen) atoms. The Hall–Kier alpha value is -1.79. The molecule has 1 saturated carbocycles. The van der Waals surface area contributed by atoms with Crippen molar-refractivity contribution in [3.05, 3.63) is 0 Å². The van der Waals surface area contributed by atoms with Crippen molar-refractivity contribution in [1.29, 1.82) is 0 Å². The molecule has 0 aromatic carbocycles. The van der Waals surface area contributed by atoms with E-state index in [1.54, 1.807) is 26.0 Å². The topological polar surface area (TPSA) is 74.2 Å². The van der Waals surface area contributed by atoms with Crippen LogP contribution in [0.1, 0.15) is 77.6 Å². The van der Waals surface area contributed by atoms with Crippen molar-refractivity contribution in [3.8, 4) is 0 Å². The summed E-state index contributed by atoms with van der Waals surface area (Å²) in [7, 11) is 5.09. The lowest BCUT2D eigenvalue weighted by Gasteiger charge is -2.25. The number of amides is 3. The van der Waals surface area contributed by atoms with Crippen LogP contribution in [0.25, 0.3) is 0 Å². The van der Waals surface area contributed by atoms with Gasteiger partial charge < -0.3 is 15.0 Å². The van der Waals surface area contributed by atoms with E-state index in [-0.39, 0.29) is 12.0 Å². The van der Waals surface area contributed by atoms with Gasteiger partial charge in [-0.25, -0.2) is 9.59 Å². The van der Waals surface area contributed by atoms with Crippen LogP contribution in [0.5, 0.6) is 0 Å². The first-order chi connectivity index (χ1) is 13.0. The highest BCUT2D eigenvalue weighted by molar-refractivity contribution is 5.99. The van der Waals surface area contributed by atoms with Crippen LogP contribution in [-0.4, -0.2) is 61.7 Å². The summed E-state index contributed by atoms with van der Waals surface area (Å²) in [4.78, 5) is 31.5. The van der Waals surface area contributed by atoms with Gasteiger partial charge in [0.25, 0.3) is 0 Å². The third-order valence-electron chi connectivity index (χ3n) is 4.83. The van der Waals surface area contributed by atoms with E-state index in [0.717, 1.165) is 38.5 Å². The van der Waals surface area contributed by atoms with Crippen LogP contribution in [-0.2, 0) is 4.74 Å². The molecule has 0 saturated heterocycles. The Bertz CT molecular complexity index is 474. The molecule has 0 aromatic rings. The molecule has 7 nitrogen and oxygen atoms in total. The molecular weight excluding hydrogens is 344 g/mol. The number of carbonyl (C=O) groups excluding carboxylic acids is 2. The maximum absolute atomic E-state index is 12.3. The van der Waals surface area contributed by atoms with Gasteiger partial charge in [-0.2, -0.15) is 4.99 Å². The van der Waals surface area contributed by atoms with Crippen LogP contribution in [0.3, 0.4) is 0 Å². The average molecular weight is 383 g/mol. The van der Waals surface area contributed by atoms with Crippen LogP contribution < -0.4 is 5.32 Å². The van der Waals surface area contributed by atoms with Crippen LogP contribution in [0.15, 0.2) is 4.99 Å². The number of hydrogen-bond acceptors (Lipinski definition) is 3. The molecule has 3 amide bonds. The van der Waals surface area contributed by atoms with Crippen molar-refractivity contribution in [1.82, 2.24) is 15.1 Å². The number of hydrogen-bond donors (Lipinski definition) is 1. The van der Waals surface area contributed by atoms with Crippen LogP contribution in [0.2, 0.25) is 0 Å². The van der Waals surface area contributed by atoms with E-state index in [0.29, 0.717) is 6.61 Å². The minimum absolute atomic E-state index is 0.184. The van der Waals surface area contributed by atoms with Gasteiger partial charge in [0, 0.05) is 27.2 Å². The molecule has 1 fully saturated rings. The summed E-state index contributed by atoms with van der Waals surface area (Å²) < 4.78 is 5.32. The fraction of sp³-hybridized carbons (Fsp3) is 0.850. The minimum atomic E-state index is -0.485. The highest BCUT2D eigenvalue weighted by Crippen LogP contribution is 2.17. The second-order valence-corrected chi connectivity index (χ2v) is 7.53. The summed E-state index contributed by atoms with van der Waals surface area (Å²) in [5, 5.41) is 2.94. The van der Waals surface area contributed by atoms with Crippen LogP contribution in [0.4, 0.5) is 9.59 Å². The van der Waals surface area contributed by atoms with E-state index in [9.17, 15) is 9.59 Å². The summed E-state index contributed by atoms with van der Waals surface area (Å²) in [6.07, 6.45) is 11.8. The molecule has 0 aliphatic heterocycles. The predicted molar refractivity (Wildman–Crippen MR) is 109 cm³/mol. The summed E-state index contributed by atoms with van der Waals surface area (Å²) in [5.41, 5.74) is 0. The molecule has 1 aliphatic carbocycles. The van der Waals surface area contributed by atoms with E-state index < -0.39 is 12.1 Å². The summed E-state index contributed by atoms with van der Waals surface area (Å²) in [6, 6.07) is -0.218. The maximum Gasteiger partial charge on any atom is 0.416 e. The lowest BCUT2D eigenvalue weighted by molar-refractivity contribution is 0.123. The number of aliphatic imine (C=N–C) groups is 1. The van der Waals surface area contributed by atoms with Crippen molar-refractivity contribution in [2.75, 3.05) is 27.7 Å². The normalized spacial score (nSPS) is 15.3. The molecular formula is C20H38N4O3. The Kier molecular flexibility index (Phi) is 11.5. The van der Waals surface area contributed by atoms with Gasteiger partial charge >= 0.3 is 12.1 Å². The third-order valence-corrected chi connectivity index (χ3v) is 4.83. The zero-order valence-electron chi connectivity index (χ0n) is 17.6. The Morgan fingerprint density at radius 2 is 1.63 bits per heavy atom. The highest BCUT2D eigenvalue weighted by atomic mass is 16.6. The first-order valence-corrected chi connectivity index (χ1v) is 10.4. The number of rotatable bonds is 8. The smallest absolute Gasteiger partial charge is 0.416 e. The Labute approximate surface area is 164 Å². The predicted octanol–water partition coefficient (Wildman–Crippen LogP) is 4.38. The lowest BCUT2D eigenvalue weighted by Crippen LogP contribution is -2.44. The summed E-state index contributed by atoms with van der Waals surface area (Å²) in [6.45, 7) is 2.58. The summed E-state index contributed by atoms with van der Waals surface area (Å²) in [5.74, 6) is 0.274. The van der Waals surface area contributed by atoms with Crippen molar-refractivity contribution in [3.63, 3.8) is 0 Å². The SMILES string of the molecule is CCCCCCCCOC(=O)N(C)/C(=N/C(=O)NC1CCCCC1)N(C)C. The van der Waals surface area contributed by atoms with Crippen molar-refractivity contribution < 1.29 is 14.3 Å². The van der Waals surface area contributed by atoms with Crippen LogP contribution in [0, 0.1) is 0 Å². The number of nitrogens with zero attached hydrogens (tertiary/aromatic N) is 3. The van der Waals surface area contributed by atoms with Gasteiger partial charge in [-0.15, -0.1) is 0 Å². The fourth-order valence-corrected chi connectivity index (χ4v) is 3.24. The van der Waals surface area contributed by atoms with Crippen LogP contribution >= 0.6 is 0 Å². The number of unbranched alkanes of at least 4 members (excludes halogenated alkanes) is 5. The van der Waals surface area contributed by atoms with Gasteiger partial charge in [-0.1, -0.05) is 58.3 Å². The van der Waals surface area contributed by atoms with Gasteiger partial charge in [0.1, 0.15) is 0 Å². The molecule has 1 rings (SSSR count). The molecule has 0 spiro atoms. The molecule has 0 bridgehead atoms. The van der Waals surface area contributed by atoms with E-state index in [1.807, 2.05) is 0 Å². The summed E-state index contributed by atoms with van der Waals surface area (Å²) >= 11 is 0. The van der Waals surface area contributed by atoms with Gasteiger partial charge in [-0.05, 0) is 19.3 Å². The molecule has 0 heterocycles. The van der Waals surface area contributed by atoms with Gasteiger partial charge in [0.15, 0.2) is 0 Å².